The highest BCUT2D eigenvalue weighted by Gasteiger charge is 2.24. The Kier molecular flexibility index (Phi) is 5.04. The largest absolute Gasteiger partial charge is 0.311 e. The normalized spacial score (nSPS) is 29.2. The van der Waals surface area contributed by atoms with Gasteiger partial charge in [0.25, 0.3) is 0 Å². The smallest absolute Gasteiger partial charge is 0.00818 e. The van der Waals surface area contributed by atoms with Crippen LogP contribution < -0.4 is 5.32 Å². The van der Waals surface area contributed by atoms with Gasteiger partial charge in [-0.3, -0.25) is 0 Å². The van der Waals surface area contributed by atoms with E-state index >= 15 is 0 Å². The molecule has 1 aromatic carbocycles. The van der Waals surface area contributed by atoms with Crippen LogP contribution in [0.5, 0.6) is 0 Å². The van der Waals surface area contributed by atoms with Gasteiger partial charge in [-0.15, -0.1) is 0 Å². The molecule has 0 aromatic heterocycles. The number of nitrogens with one attached hydrogen (secondary N) is 1. The molecule has 2 rings (SSSR count). The third kappa shape index (κ3) is 4.35. The summed E-state index contributed by atoms with van der Waals surface area (Å²) in [5.41, 5.74) is 2.90. The molecule has 0 saturated heterocycles. The first kappa shape index (κ1) is 14.6. The van der Waals surface area contributed by atoms with Crippen molar-refractivity contribution in [1.82, 2.24) is 5.32 Å². The van der Waals surface area contributed by atoms with Crippen molar-refractivity contribution in [1.29, 1.82) is 0 Å². The molecule has 3 atom stereocenters. The number of hydrogen-bond acceptors (Lipinski definition) is 1. The first-order valence-corrected chi connectivity index (χ1v) is 7.85. The maximum absolute atomic E-state index is 3.86. The van der Waals surface area contributed by atoms with E-state index in [0.29, 0.717) is 6.04 Å². The topological polar surface area (TPSA) is 12.0 Å². The molecule has 0 aliphatic heterocycles. The maximum atomic E-state index is 3.86. The highest BCUT2D eigenvalue weighted by Crippen LogP contribution is 2.28. The van der Waals surface area contributed by atoms with E-state index < -0.39 is 0 Å². The average Bonchev–Trinajstić information content (AvgIpc) is 2.30. The van der Waals surface area contributed by atoms with Gasteiger partial charge in [0.2, 0.25) is 0 Å². The van der Waals surface area contributed by atoms with E-state index in [4.69, 9.17) is 0 Å². The fourth-order valence-electron chi connectivity index (χ4n) is 3.71. The molecule has 106 valence electrons. The minimum absolute atomic E-state index is 0.573. The van der Waals surface area contributed by atoms with Gasteiger partial charge in [0.1, 0.15) is 0 Å². The second-order valence-corrected chi connectivity index (χ2v) is 6.81. The standard InChI is InChI=1S/C18H29N/c1-13-9-14(2)11-18(10-13)19-16(4)12-17-8-6-5-7-15(17)3/h5-8,13-14,16,18-19H,9-12H2,1-4H3. The molecule has 0 amide bonds. The van der Waals surface area contributed by atoms with Crippen LogP contribution in [0.1, 0.15) is 51.2 Å². The van der Waals surface area contributed by atoms with E-state index in [1.807, 2.05) is 0 Å². The van der Waals surface area contributed by atoms with Crippen LogP contribution in [0, 0.1) is 18.8 Å². The number of rotatable bonds is 4. The van der Waals surface area contributed by atoms with Crippen LogP contribution in [-0.4, -0.2) is 12.1 Å². The molecular formula is C18H29N. The molecule has 1 N–H and O–H groups in total. The van der Waals surface area contributed by atoms with Gasteiger partial charge < -0.3 is 5.32 Å². The predicted molar refractivity (Wildman–Crippen MR) is 83.4 cm³/mol. The van der Waals surface area contributed by atoms with Crippen LogP contribution in [0.3, 0.4) is 0 Å². The minimum Gasteiger partial charge on any atom is -0.311 e. The molecule has 1 saturated carbocycles. The summed E-state index contributed by atoms with van der Waals surface area (Å²) in [5, 5.41) is 3.86. The molecule has 1 aliphatic rings. The van der Waals surface area contributed by atoms with E-state index in [-0.39, 0.29) is 0 Å². The van der Waals surface area contributed by atoms with Crippen LogP contribution in [0.2, 0.25) is 0 Å². The van der Waals surface area contributed by atoms with Crippen molar-refractivity contribution in [3.63, 3.8) is 0 Å². The van der Waals surface area contributed by atoms with Crippen LogP contribution >= 0.6 is 0 Å². The zero-order valence-electron chi connectivity index (χ0n) is 12.9. The lowest BCUT2D eigenvalue weighted by Crippen LogP contribution is -2.42. The second kappa shape index (κ2) is 6.56. The van der Waals surface area contributed by atoms with Gasteiger partial charge in [0, 0.05) is 12.1 Å². The summed E-state index contributed by atoms with van der Waals surface area (Å²) in [6.45, 7) is 9.34. The molecule has 1 aromatic rings. The van der Waals surface area contributed by atoms with Gasteiger partial charge in [-0.2, -0.15) is 0 Å². The summed E-state index contributed by atoms with van der Waals surface area (Å²) in [7, 11) is 0. The lowest BCUT2D eigenvalue weighted by molar-refractivity contribution is 0.227. The molecule has 1 aliphatic carbocycles. The van der Waals surface area contributed by atoms with Crippen LogP contribution in [-0.2, 0) is 6.42 Å². The van der Waals surface area contributed by atoms with Gasteiger partial charge >= 0.3 is 0 Å². The maximum Gasteiger partial charge on any atom is 0.00818 e. The Morgan fingerprint density at radius 1 is 1.11 bits per heavy atom. The van der Waals surface area contributed by atoms with Gasteiger partial charge in [-0.25, -0.2) is 0 Å². The average molecular weight is 259 g/mol. The summed E-state index contributed by atoms with van der Waals surface area (Å²) in [6.07, 6.45) is 5.25. The minimum atomic E-state index is 0.573. The first-order valence-electron chi connectivity index (χ1n) is 7.85. The number of benzene rings is 1. The van der Waals surface area contributed by atoms with E-state index in [0.717, 1.165) is 24.3 Å². The third-order valence-electron chi connectivity index (χ3n) is 4.49. The third-order valence-corrected chi connectivity index (χ3v) is 4.49. The van der Waals surface area contributed by atoms with Crippen molar-refractivity contribution in [2.45, 2.75) is 65.5 Å². The lowest BCUT2D eigenvalue weighted by Gasteiger charge is -2.34. The van der Waals surface area contributed by atoms with E-state index in [9.17, 15) is 0 Å². The predicted octanol–water partition coefficient (Wildman–Crippen LogP) is 4.34. The molecule has 0 spiro atoms. The van der Waals surface area contributed by atoms with Crippen molar-refractivity contribution in [3.8, 4) is 0 Å². The Balaban J connectivity index is 1.87. The summed E-state index contributed by atoms with van der Waals surface area (Å²) in [4.78, 5) is 0. The molecule has 0 heterocycles. The SMILES string of the molecule is Cc1ccccc1CC(C)NC1CC(C)CC(C)C1. The van der Waals surface area contributed by atoms with Crippen molar-refractivity contribution < 1.29 is 0 Å². The molecule has 0 radical (unpaired) electrons. The summed E-state index contributed by atoms with van der Waals surface area (Å²) in [5.74, 6) is 1.76. The van der Waals surface area contributed by atoms with Gasteiger partial charge in [-0.1, -0.05) is 38.1 Å². The fourth-order valence-corrected chi connectivity index (χ4v) is 3.71. The molecule has 1 heteroatoms. The second-order valence-electron chi connectivity index (χ2n) is 6.81. The Morgan fingerprint density at radius 2 is 1.74 bits per heavy atom. The quantitative estimate of drug-likeness (QED) is 0.848. The Hall–Kier alpha value is -0.820. The highest BCUT2D eigenvalue weighted by atomic mass is 14.9. The number of aryl methyl sites for hydroxylation is 1. The summed E-state index contributed by atoms with van der Waals surface area (Å²) in [6, 6.07) is 10.1. The zero-order valence-corrected chi connectivity index (χ0v) is 12.9. The monoisotopic (exact) mass is 259 g/mol. The van der Waals surface area contributed by atoms with Crippen LogP contribution in [0.15, 0.2) is 24.3 Å². The van der Waals surface area contributed by atoms with Crippen molar-refractivity contribution >= 4 is 0 Å². The van der Waals surface area contributed by atoms with E-state index in [1.54, 1.807) is 0 Å². The molecule has 0 bridgehead atoms. The molecule has 1 nitrogen and oxygen atoms in total. The Morgan fingerprint density at radius 3 is 2.37 bits per heavy atom. The summed E-state index contributed by atoms with van der Waals surface area (Å²) < 4.78 is 0. The van der Waals surface area contributed by atoms with Crippen molar-refractivity contribution in [2.75, 3.05) is 0 Å². The van der Waals surface area contributed by atoms with Gasteiger partial charge in [-0.05, 0) is 62.5 Å². The van der Waals surface area contributed by atoms with Gasteiger partial charge in [0.15, 0.2) is 0 Å². The van der Waals surface area contributed by atoms with Crippen LogP contribution in [0.4, 0.5) is 0 Å². The molecule has 3 unspecified atom stereocenters. The molecule has 1 fully saturated rings. The van der Waals surface area contributed by atoms with Crippen molar-refractivity contribution in [3.05, 3.63) is 35.4 Å². The van der Waals surface area contributed by atoms with E-state index in [2.05, 4.69) is 57.3 Å². The molecule has 19 heavy (non-hydrogen) atoms. The van der Waals surface area contributed by atoms with Crippen molar-refractivity contribution in [2.24, 2.45) is 11.8 Å². The Labute approximate surface area is 118 Å². The van der Waals surface area contributed by atoms with Crippen LogP contribution in [0.25, 0.3) is 0 Å². The first-order chi connectivity index (χ1) is 9.04. The van der Waals surface area contributed by atoms with Gasteiger partial charge in [0.05, 0.1) is 0 Å². The fraction of sp³-hybridized carbons (Fsp3) is 0.667. The van der Waals surface area contributed by atoms with E-state index in [1.165, 1.54) is 30.4 Å². The lowest BCUT2D eigenvalue weighted by atomic mass is 9.80. The highest BCUT2D eigenvalue weighted by molar-refractivity contribution is 5.26. The summed E-state index contributed by atoms with van der Waals surface area (Å²) >= 11 is 0. The Bertz CT molecular complexity index is 388. The zero-order chi connectivity index (χ0) is 13.8. The molecular weight excluding hydrogens is 230 g/mol. The number of hydrogen-bond donors (Lipinski definition) is 1.